The lowest BCUT2D eigenvalue weighted by Crippen LogP contribution is -2.01. The van der Waals surface area contributed by atoms with Crippen molar-refractivity contribution in [3.8, 4) is 6.07 Å². The maximum atomic E-state index is 13.3. The van der Waals surface area contributed by atoms with Gasteiger partial charge in [-0.3, -0.25) is 0 Å². The molecular formula is C14H11FN2. The second kappa shape index (κ2) is 5.13. The van der Waals surface area contributed by atoms with Gasteiger partial charge in [-0.05, 0) is 29.8 Å². The first-order chi connectivity index (χ1) is 8.29. The minimum absolute atomic E-state index is 0.274. The number of anilines is 1. The topological polar surface area (TPSA) is 35.8 Å². The number of para-hydroxylation sites is 1. The average Bonchev–Trinajstić information content (AvgIpc) is 2.38. The molecule has 0 amide bonds. The van der Waals surface area contributed by atoms with E-state index < -0.39 is 0 Å². The Balaban J connectivity index is 2.08. The van der Waals surface area contributed by atoms with Crippen LogP contribution in [0.2, 0.25) is 0 Å². The molecule has 0 fully saturated rings. The van der Waals surface area contributed by atoms with Gasteiger partial charge in [0, 0.05) is 6.54 Å². The van der Waals surface area contributed by atoms with Gasteiger partial charge in [0.2, 0.25) is 0 Å². The Kier molecular flexibility index (Phi) is 3.37. The van der Waals surface area contributed by atoms with Gasteiger partial charge >= 0.3 is 0 Å². The van der Waals surface area contributed by atoms with Crippen LogP contribution in [0.25, 0.3) is 0 Å². The molecule has 0 saturated carbocycles. The fourth-order valence-electron chi connectivity index (χ4n) is 1.55. The van der Waals surface area contributed by atoms with E-state index in [1.165, 1.54) is 6.07 Å². The molecule has 0 heterocycles. The van der Waals surface area contributed by atoms with Crippen LogP contribution in [0.5, 0.6) is 0 Å². The van der Waals surface area contributed by atoms with Crippen LogP contribution in [0, 0.1) is 17.1 Å². The lowest BCUT2D eigenvalue weighted by Gasteiger charge is -2.07. The predicted octanol–water partition coefficient (Wildman–Crippen LogP) is 3.31. The number of halogens is 1. The lowest BCUT2D eigenvalue weighted by atomic mass is 10.1. The zero-order valence-corrected chi connectivity index (χ0v) is 9.15. The molecule has 84 valence electrons. The normalized spacial score (nSPS) is 9.65. The average molecular weight is 226 g/mol. The summed E-state index contributed by atoms with van der Waals surface area (Å²) in [4.78, 5) is 0. The van der Waals surface area contributed by atoms with E-state index >= 15 is 0 Å². The molecule has 0 aliphatic heterocycles. The monoisotopic (exact) mass is 226 g/mol. The highest BCUT2D eigenvalue weighted by molar-refractivity contribution is 5.45. The van der Waals surface area contributed by atoms with E-state index in [4.69, 9.17) is 5.26 Å². The summed E-state index contributed by atoms with van der Waals surface area (Å²) in [6, 6.07) is 15.8. The van der Waals surface area contributed by atoms with Crippen molar-refractivity contribution >= 4 is 5.69 Å². The van der Waals surface area contributed by atoms with E-state index in [1.54, 1.807) is 30.3 Å². The molecule has 0 saturated heterocycles. The van der Waals surface area contributed by atoms with Gasteiger partial charge in [-0.1, -0.05) is 24.3 Å². The van der Waals surface area contributed by atoms with Crippen LogP contribution >= 0.6 is 0 Å². The van der Waals surface area contributed by atoms with Crippen LogP contribution in [0.1, 0.15) is 11.1 Å². The number of hydrogen-bond acceptors (Lipinski definition) is 2. The summed E-state index contributed by atoms with van der Waals surface area (Å²) in [6.45, 7) is 0.496. The Morgan fingerprint density at radius 1 is 1.12 bits per heavy atom. The Labute approximate surface area is 99.3 Å². The first kappa shape index (κ1) is 11.2. The third kappa shape index (κ3) is 2.82. The first-order valence-corrected chi connectivity index (χ1v) is 5.27. The first-order valence-electron chi connectivity index (χ1n) is 5.27. The maximum Gasteiger partial charge on any atom is 0.146 e. The van der Waals surface area contributed by atoms with Crippen LogP contribution in [0.4, 0.5) is 10.1 Å². The van der Waals surface area contributed by atoms with Gasteiger partial charge in [0.1, 0.15) is 5.82 Å². The van der Waals surface area contributed by atoms with Gasteiger partial charge in [0.25, 0.3) is 0 Å². The van der Waals surface area contributed by atoms with Gasteiger partial charge in [0.15, 0.2) is 0 Å². The van der Waals surface area contributed by atoms with E-state index in [0.717, 1.165) is 5.56 Å². The molecule has 1 N–H and O–H groups in total. The second-order valence-electron chi connectivity index (χ2n) is 3.65. The molecule has 0 aliphatic carbocycles. The fourth-order valence-corrected chi connectivity index (χ4v) is 1.55. The number of benzene rings is 2. The number of nitrogens with zero attached hydrogens (tertiary/aromatic N) is 1. The SMILES string of the molecule is N#Cc1cccc(CNc2ccccc2F)c1. The Bertz CT molecular complexity index is 558. The summed E-state index contributed by atoms with van der Waals surface area (Å²) >= 11 is 0. The number of nitrogens with one attached hydrogen (secondary N) is 1. The predicted molar refractivity (Wildman–Crippen MR) is 64.9 cm³/mol. The van der Waals surface area contributed by atoms with Gasteiger partial charge in [-0.25, -0.2) is 4.39 Å². The van der Waals surface area contributed by atoms with Crippen molar-refractivity contribution in [1.29, 1.82) is 5.26 Å². The quantitative estimate of drug-likeness (QED) is 0.871. The number of rotatable bonds is 3. The molecule has 0 atom stereocenters. The van der Waals surface area contributed by atoms with E-state index in [9.17, 15) is 4.39 Å². The Morgan fingerprint density at radius 3 is 2.71 bits per heavy atom. The van der Waals surface area contributed by atoms with Gasteiger partial charge < -0.3 is 5.32 Å². The van der Waals surface area contributed by atoms with Crippen molar-refractivity contribution in [2.24, 2.45) is 0 Å². The molecule has 0 spiro atoms. The zero-order chi connectivity index (χ0) is 12.1. The Hall–Kier alpha value is -2.34. The maximum absolute atomic E-state index is 13.3. The molecule has 2 aromatic rings. The van der Waals surface area contributed by atoms with E-state index in [2.05, 4.69) is 11.4 Å². The summed E-state index contributed by atoms with van der Waals surface area (Å²) in [7, 11) is 0. The minimum atomic E-state index is -0.274. The molecule has 3 heteroatoms. The molecule has 2 aromatic carbocycles. The van der Waals surface area contributed by atoms with Gasteiger partial charge in [-0.2, -0.15) is 5.26 Å². The molecule has 0 unspecified atom stereocenters. The summed E-state index contributed by atoms with van der Waals surface area (Å²) in [5, 5.41) is 11.8. The summed E-state index contributed by atoms with van der Waals surface area (Å²) in [5.41, 5.74) is 2.03. The zero-order valence-electron chi connectivity index (χ0n) is 9.15. The van der Waals surface area contributed by atoms with Crippen molar-refractivity contribution in [2.45, 2.75) is 6.54 Å². The standard InChI is InChI=1S/C14H11FN2/c15-13-6-1-2-7-14(13)17-10-12-5-3-4-11(8-12)9-16/h1-8,17H,10H2. The Morgan fingerprint density at radius 2 is 1.94 bits per heavy atom. The molecule has 0 aromatic heterocycles. The van der Waals surface area contributed by atoms with Gasteiger partial charge in [0.05, 0.1) is 17.3 Å². The third-order valence-corrected chi connectivity index (χ3v) is 2.41. The van der Waals surface area contributed by atoms with Crippen molar-refractivity contribution in [3.63, 3.8) is 0 Å². The minimum Gasteiger partial charge on any atom is -0.379 e. The lowest BCUT2D eigenvalue weighted by molar-refractivity contribution is 0.630. The summed E-state index contributed by atoms with van der Waals surface area (Å²) in [6.07, 6.45) is 0. The molecule has 17 heavy (non-hydrogen) atoms. The van der Waals surface area contributed by atoms with Crippen LogP contribution < -0.4 is 5.32 Å². The molecular weight excluding hydrogens is 215 g/mol. The summed E-state index contributed by atoms with van der Waals surface area (Å²) in [5.74, 6) is -0.274. The summed E-state index contributed by atoms with van der Waals surface area (Å²) < 4.78 is 13.3. The molecule has 2 rings (SSSR count). The molecule has 0 aliphatic rings. The van der Waals surface area contributed by atoms with Crippen molar-refractivity contribution in [1.82, 2.24) is 0 Å². The molecule has 2 nitrogen and oxygen atoms in total. The number of hydrogen-bond donors (Lipinski definition) is 1. The van der Waals surface area contributed by atoms with Gasteiger partial charge in [-0.15, -0.1) is 0 Å². The molecule has 0 radical (unpaired) electrons. The fraction of sp³-hybridized carbons (Fsp3) is 0.0714. The van der Waals surface area contributed by atoms with Crippen molar-refractivity contribution < 1.29 is 4.39 Å². The third-order valence-electron chi connectivity index (χ3n) is 2.41. The van der Waals surface area contributed by atoms with Crippen molar-refractivity contribution in [2.75, 3.05) is 5.32 Å². The second-order valence-corrected chi connectivity index (χ2v) is 3.65. The van der Waals surface area contributed by atoms with Crippen LogP contribution in [-0.4, -0.2) is 0 Å². The number of nitriles is 1. The van der Waals surface area contributed by atoms with E-state index in [-0.39, 0.29) is 5.82 Å². The van der Waals surface area contributed by atoms with Crippen LogP contribution in [-0.2, 0) is 6.54 Å². The van der Waals surface area contributed by atoms with Crippen LogP contribution in [0.3, 0.4) is 0 Å². The largest absolute Gasteiger partial charge is 0.379 e. The molecule has 0 bridgehead atoms. The van der Waals surface area contributed by atoms with E-state index in [0.29, 0.717) is 17.8 Å². The highest BCUT2D eigenvalue weighted by atomic mass is 19.1. The highest BCUT2D eigenvalue weighted by Gasteiger charge is 2.00. The highest BCUT2D eigenvalue weighted by Crippen LogP contribution is 2.14. The van der Waals surface area contributed by atoms with Crippen LogP contribution in [0.15, 0.2) is 48.5 Å². The van der Waals surface area contributed by atoms with Crippen molar-refractivity contribution in [3.05, 3.63) is 65.5 Å². The smallest absolute Gasteiger partial charge is 0.146 e. The van der Waals surface area contributed by atoms with E-state index in [1.807, 2.05) is 12.1 Å².